The van der Waals surface area contributed by atoms with Gasteiger partial charge in [0.15, 0.2) is 0 Å². The molecule has 0 aliphatic heterocycles. The largest absolute Gasteiger partial charge is 0.487 e. The van der Waals surface area contributed by atoms with Crippen LogP contribution >= 0.6 is 0 Å². The summed E-state index contributed by atoms with van der Waals surface area (Å²) in [7, 11) is 0. The standard InChI is InChI=1S/C17H19F3N2O/c1-10(2)12-5-3-11(4-6-12)9-23-16-8-14(21)13(7-15(16)22)17(18,19)20/h3-8,10H,9,21-22H2,1-2H3. The van der Waals surface area contributed by atoms with Gasteiger partial charge in [-0.3, -0.25) is 0 Å². The van der Waals surface area contributed by atoms with Crippen LogP contribution in [0.15, 0.2) is 36.4 Å². The smallest absolute Gasteiger partial charge is 0.418 e. The third kappa shape index (κ3) is 4.09. The molecule has 2 aromatic carbocycles. The molecule has 23 heavy (non-hydrogen) atoms. The summed E-state index contributed by atoms with van der Waals surface area (Å²) >= 11 is 0. The average Bonchev–Trinajstić information content (AvgIpc) is 2.47. The summed E-state index contributed by atoms with van der Waals surface area (Å²) in [4.78, 5) is 0. The van der Waals surface area contributed by atoms with Crippen LogP contribution in [0.25, 0.3) is 0 Å². The summed E-state index contributed by atoms with van der Waals surface area (Å²) in [5.41, 5.74) is 11.7. The lowest BCUT2D eigenvalue weighted by molar-refractivity contribution is -0.136. The second kappa shape index (κ2) is 6.40. The Balaban J connectivity index is 2.13. The molecule has 0 fully saturated rings. The van der Waals surface area contributed by atoms with Crippen molar-refractivity contribution in [3.8, 4) is 5.75 Å². The van der Waals surface area contributed by atoms with Gasteiger partial charge >= 0.3 is 6.18 Å². The van der Waals surface area contributed by atoms with Crippen molar-refractivity contribution in [1.29, 1.82) is 0 Å². The third-order valence-corrected chi connectivity index (χ3v) is 3.53. The van der Waals surface area contributed by atoms with E-state index in [1.165, 1.54) is 5.56 Å². The molecule has 0 atom stereocenters. The third-order valence-electron chi connectivity index (χ3n) is 3.53. The monoisotopic (exact) mass is 324 g/mol. The van der Waals surface area contributed by atoms with E-state index in [1.807, 2.05) is 24.3 Å². The maximum atomic E-state index is 12.7. The second-order valence-corrected chi connectivity index (χ2v) is 5.66. The van der Waals surface area contributed by atoms with Gasteiger partial charge in [-0.1, -0.05) is 38.1 Å². The lowest BCUT2D eigenvalue weighted by Crippen LogP contribution is -2.10. The highest BCUT2D eigenvalue weighted by molar-refractivity contribution is 5.65. The number of anilines is 2. The summed E-state index contributed by atoms with van der Waals surface area (Å²) < 4.78 is 43.7. The molecule has 0 aromatic heterocycles. The van der Waals surface area contributed by atoms with Gasteiger partial charge in [0.25, 0.3) is 0 Å². The van der Waals surface area contributed by atoms with Crippen LogP contribution in [-0.2, 0) is 12.8 Å². The van der Waals surface area contributed by atoms with Crippen LogP contribution in [-0.4, -0.2) is 0 Å². The Morgan fingerprint density at radius 2 is 1.61 bits per heavy atom. The molecule has 3 nitrogen and oxygen atoms in total. The van der Waals surface area contributed by atoms with Crippen LogP contribution in [0.3, 0.4) is 0 Å². The fourth-order valence-corrected chi connectivity index (χ4v) is 2.14. The van der Waals surface area contributed by atoms with Crippen molar-refractivity contribution in [2.24, 2.45) is 0 Å². The highest BCUT2D eigenvalue weighted by Gasteiger charge is 2.33. The molecule has 0 saturated carbocycles. The molecule has 0 aliphatic rings. The van der Waals surface area contributed by atoms with E-state index in [2.05, 4.69) is 13.8 Å². The number of rotatable bonds is 4. The van der Waals surface area contributed by atoms with Crippen molar-refractivity contribution in [1.82, 2.24) is 0 Å². The summed E-state index contributed by atoms with van der Waals surface area (Å²) in [6.07, 6.45) is -4.54. The number of nitrogens with two attached hydrogens (primary N) is 2. The minimum Gasteiger partial charge on any atom is -0.487 e. The average molecular weight is 324 g/mol. The predicted molar refractivity (Wildman–Crippen MR) is 85.1 cm³/mol. The Bertz CT molecular complexity index is 679. The molecule has 0 saturated heterocycles. The molecular weight excluding hydrogens is 305 g/mol. The van der Waals surface area contributed by atoms with Gasteiger partial charge < -0.3 is 16.2 Å². The highest BCUT2D eigenvalue weighted by Crippen LogP contribution is 2.38. The summed E-state index contributed by atoms with van der Waals surface area (Å²) in [6.45, 7) is 4.39. The molecule has 4 N–H and O–H groups in total. The van der Waals surface area contributed by atoms with Gasteiger partial charge in [-0.2, -0.15) is 13.2 Å². The lowest BCUT2D eigenvalue weighted by Gasteiger charge is -2.15. The number of nitrogen functional groups attached to an aromatic ring is 2. The van der Waals surface area contributed by atoms with Crippen molar-refractivity contribution >= 4 is 11.4 Å². The van der Waals surface area contributed by atoms with Gasteiger partial charge in [0.1, 0.15) is 12.4 Å². The second-order valence-electron chi connectivity index (χ2n) is 5.66. The molecule has 124 valence electrons. The zero-order valence-corrected chi connectivity index (χ0v) is 12.9. The number of halogens is 3. The van der Waals surface area contributed by atoms with Gasteiger partial charge in [0, 0.05) is 11.8 Å². The highest BCUT2D eigenvalue weighted by atomic mass is 19.4. The Kier molecular flexibility index (Phi) is 4.73. The molecule has 2 rings (SSSR count). The van der Waals surface area contributed by atoms with Crippen molar-refractivity contribution in [2.45, 2.75) is 32.5 Å². The van der Waals surface area contributed by atoms with E-state index < -0.39 is 17.4 Å². The fourth-order valence-electron chi connectivity index (χ4n) is 2.14. The minimum absolute atomic E-state index is 0.0923. The van der Waals surface area contributed by atoms with Crippen LogP contribution in [0.1, 0.15) is 36.5 Å². The predicted octanol–water partition coefficient (Wildman–Crippen LogP) is 4.57. The molecule has 6 heteroatoms. The molecule has 0 unspecified atom stereocenters. The normalized spacial score (nSPS) is 11.7. The Morgan fingerprint density at radius 1 is 1.00 bits per heavy atom. The number of alkyl halides is 3. The number of ether oxygens (including phenoxy) is 1. The van der Waals surface area contributed by atoms with Crippen LogP contribution in [0.4, 0.5) is 24.5 Å². The van der Waals surface area contributed by atoms with E-state index in [4.69, 9.17) is 16.2 Å². The maximum Gasteiger partial charge on any atom is 0.418 e. The number of hydrogen-bond donors (Lipinski definition) is 2. The first-order valence-electron chi connectivity index (χ1n) is 7.16. The summed E-state index contributed by atoms with van der Waals surface area (Å²) in [5, 5.41) is 0. The van der Waals surface area contributed by atoms with Crippen molar-refractivity contribution in [2.75, 3.05) is 11.5 Å². The van der Waals surface area contributed by atoms with E-state index in [1.54, 1.807) is 0 Å². The molecule has 0 bridgehead atoms. The van der Waals surface area contributed by atoms with E-state index in [0.717, 1.165) is 17.7 Å². The van der Waals surface area contributed by atoms with Crippen LogP contribution in [0.5, 0.6) is 5.75 Å². The van der Waals surface area contributed by atoms with Crippen molar-refractivity contribution < 1.29 is 17.9 Å². The number of hydrogen-bond acceptors (Lipinski definition) is 3. The molecule has 0 heterocycles. The van der Waals surface area contributed by atoms with Gasteiger partial charge in [0.2, 0.25) is 0 Å². The van der Waals surface area contributed by atoms with Crippen LogP contribution in [0.2, 0.25) is 0 Å². The molecule has 0 amide bonds. The van der Waals surface area contributed by atoms with Gasteiger partial charge in [-0.05, 0) is 23.1 Å². The van der Waals surface area contributed by atoms with Gasteiger partial charge in [-0.15, -0.1) is 0 Å². The van der Waals surface area contributed by atoms with Crippen LogP contribution < -0.4 is 16.2 Å². The maximum absolute atomic E-state index is 12.7. The zero-order valence-electron chi connectivity index (χ0n) is 12.9. The van der Waals surface area contributed by atoms with Crippen LogP contribution in [0, 0.1) is 0 Å². The van der Waals surface area contributed by atoms with Crippen molar-refractivity contribution in [3.63, 3.8) is 0 Å². The fraction of sp³-hybridized carbons (Fsp3) is 0.294. The molecular formula is C17H19F3N2O. The molecule has 0 radical (unpaired) electrons. The zero-order chi connectivity index (χ0) is 17.2. The molecule has 0 aliphatic carbocycles. The first kappa shape index (κ1) is 17.0. The van der Waals surface area contributed by atoms with E-state index in [-0.39, 0.29) is 18.0 Å². The lowest BCUT2D eigenvalue weighted by atomic mass is 10.0. The Hall–Kier alpha value is -2.37. The first-order chi connectivity index (χ1) is 10.7. The minimum atomic E-state index is -4.54. The number of benzene rings is 2. The summed E-state index contributed by atoms with van der Waals surface area (Å²) in [6, 6.07) is 9.73. The molecule has 0 spiro atoms. The first-order valence-corrected chi connectivity index (χ1v) is 7.16. The SMILES string of the molecule is CC(C)c1ccc(COc2cc(N)c(C(F)(F)F)cc2N)cc1. The van der Waals surface area contributed by atoms with E-state index in [9.17, 15) is 13.2 Å². The van der Waals surface area contributed by atoms with Gasteiger partial charge in [0.05, 0.1) is 11.3 Å². The van der Waals surface area contributed by atoms with Gasteiger partial charge in [-0.25, -0.2) is 0 Å². The topological polar surface area (TPSA) is 61.3 Å². The summed E-state index contributed by atoms with van der Waals surface area (Å²) in [5.74, 6) is 0.568. The Morgan fingerprint density at radius 3 is 2.13 bits per heavy atom. The van der Waals surface area contributed by atoms with E-state index >= 15 is 0 Å². The quantitative estimate of drug-likeness (QED) is 0.810. The Labute approximate surface area is 133 Å². The van der Waals surface area contributed by atoms with Crippen molar-refractivity contribution in [3.05, 3.63) is 53.1 Å². The molecule has 2 aromatic rings. The van der Waals surface area contributed by atoms with E-state index in [0.29, 0.717) is 5.92 Å².